The Hall–Kier alpha value is -3.73. The molecule has 2 aromatic rings. The number of sulfonamides is 1. The second-order valence-electron chi connectivity index (χ2n) is 8.36. The number of nitrogens with one attached hydrogen (secondary N) is 2. The zero-order valence-corrected chi connectivity index (χ0v) is 20.0. The Balaban J connectivity index is 1.28. The quantitative estimate of drug-likeness (QED) is 0.574. The van der Waals surface area contributed by atoms with Crippen LogP contribution in [0.15, 0.2) is 57.8 Å². The first kappa shape index (κ1) is 24.4. The van der Waals surface area contributed by atoms with E-state index in [9.17, 15) is 22.8 Å². The summed E-state index contributed by atoms with van der Waals surface area (Å²) in [5.74, 6) is -0.682. The molecule has 2 N–H and O–H groups in total. The van der Waals surface area contributed by atoms with Gasteiger partial charge in [0.2, 0.25) is 11.8 Å². The van der Waals surface area contributed by atoms with Crippen LogP contribution in [-0.2, 0) is 35.6 Å². The molecule has 2 aliphatic rings. The molecule has 0 saturated carbocycles. The van der Waals surface area contributed by atoms with Crippen LogP contribution in [0.3, 0.4) is 0 Å². The number of carbonyl (C=O) groups is 3. The Morgan fingerprint density at radius 1 is 1.06 bits per heavy atom. The van der Waals surface area contributed by atoms with Gasteiger partial charge >= 0.3 is 5.97 Å². The fourth-order valence-electron chi connectivity index (χ4n) is 4.11. The van der Waals surface area contributed by atoms with Gasteiger partial charge in [-0.25, -0.2) is 0 Å². The molecule has 1 saturated heterocycles. The van der Waals surface area contributed by atoms with Crippen LogP contribution in [-0.4, -0.2) is 63.7 Å². The van der Waals surface area contributed by atoms with Gasteiger partial charge in [-0.05, 0) is 42.7 Å². The predicted octanol–water partition coefficient (Wildman–Crippen LogP) is 1.32. The van der Waals surface area contributed by atoms with Gasteiger partial charge in [-0.2, -0.15) is 8.42 Å². The summed E-state index contributed by atoms with van der Waals surface area (Å²) in [6.07, 6.45) is 1.25. The van der Waals surface area contributed by atoms with E-state index in [0.29, 0.717) is 43.0 Å². The number of amides is 2. The van der Waals surface area contributed by atoms with Crippen molar-refractivity contribution in [1.82, 2.24) is 10.2 Å². The third kappa shape index (κ3) is 5.68. The molecule has 4 rings (SSSR count). The predicted molar refractivity (Wildman–Crippen MR) is 128 cm³/mol. The first-order valence-electron chi connectivity index (χ1n) is 11.2. The van der Waals surface area contributed by atoms with E-state index in [1.807, 2.05) is 4.90 Å². The molecule has 35 heavy (non-hydrogen) atoms. The highest BCUT2D eigenvalue weighted by atomic mass is 32.2. The molecule has 0 radical (unpaired) electrons. The molecule has 2 aromatic carbocycles. The summed E-state index contributed by atoms with van der Waals surface area (Å²) >= 11 is 0. The number of amidine groups is 1. The zero-order chi connectivity index (χ0) is 25.0. The Kier molecular flexibility index (Phi) is 7.15. The molecular weight excluding hydrogens is 472 g/mol. The number of piperidine rings is 1. The molecule has 0 atom stereocenters. The van der Waals surface area contributed by atoms with Gasteiger partial charge in [-0.15, -0.1) is 4.40 Å². The number of esters is 1. The standard InChI is InChI=1S/C24H26N4O6S/c1-34-22(30)15-25-21(29)14-16-6-8-18(9-7-16)26-24(31)17-10-12-28(13-11-17)23-19-4-2-3-5-20(19)35(32,33)27-23/h2-9,17H,10-15H2,1H3,(H,25,29)(H,26,31). The average Bonchev–Trinajstić information content (AvgIpc) is 3.14. The minimum Gasteiger partial charge on any atom is -0.468 e. The fourth-order valence-corrected chi connectivity index (χ4v) is 5.34. The van der Waals surface area contributed by atoms with Crippen LogP contribution in [0, 0.1) is 5.92 Å². The van der Waals surface area contributed by atoms with Crippen molar-refractivity contribution >= 4 is 39.3 Å². The van der Waals surface area contributed by atoms with Gasteiger partial charge in [0, 0.05) is 30.3 Å². The first-order chi connectivity index (χ1) is 16.8. The number of methoxy groups -OCH3 is 1. The van der Waals surface area contributed by atoms with E-state index in [1.165, 1.54) is 7.11 Å². The Morgan fingerprint density at radius 3 is 2.43 bits per heavy atom. The van der Waals surface area contributed by atoms with Crippen LogP contribution in [0.1, 0.15) is 24.0 Å². The zero-order valence-electron chi connectivity index (χ0n) is 19.2. The van der Waals surface area contributed by atoms with Crippen LogP contribution in [0.2, 0.25) is 0 Å². The highest BCUT2D eigenvalue weighted by Crippen LogP contribution is 2.30. The van der Waals surface area contributed by atoms with Crippen LogP contribution in [0.5, 0.6) is 0 Å². The maximum Gasteiger partial charge on any atom is 0.325 e. The number of carbonyl (C=O) groups excluding carboxylic acids is 3. The Morgan fingerprint density at radius 2 is 1.74 bits per heavy atom. The minimum absolute atomic E-state index is 0.102. The van der Waals surface area contributed by atoms with Crippen LogP contribution < -0.4 is 10.6 Å². The molecule has 0 bridgehead atoms. The molecule has 2 heterocycles. The number of likely N-dealkylation sites (tertiary alicyclic amines) is 1. The van der Waals surface area contributed by atoms with Gasteiger partial charge < -0.3 is 20.3 Å². The normalized spacial score (nSPS) is 16.7. The number of fused-ring (bicyclic) bond motifs is 1. The van der Waals surface area contributed by atoms with Gasteiger partial charge in [-0.3, -0.25) is 14.4 Å². The lowest BCUT2D eigenvalue weighted by Gasteiger charge is -2.32. The fraction of sp³-hybridized carbons (Fsp3) is 0.333. The third-order valence-electron chi connectivity index (χ3n) is 6.02. The Labute approximate surface area is 203 Å². The summed E-state index contributed by atoms with van der Waals surface area (Å²) in [6.45, 7) is 0.874. The lowest BCUT2D eigenvalue weighted by molar-refractivity contribution is -0.141. The molecule has 0 aromatic heterocycles. The van der Waals surface area contributed by atoms with Gasteiger partial charge in [0.25, 0.3) is 10.0 Å². The summed E-state index contributed by atoms with van der Waals surface area (Å²) in [6, 6.07) is 13.7. The molecule has 1 fully saturated rings. The SMILES string of the molecule is COC(=O)CNC(=O)Cc1ccc(NC(=O)C2CCN(C3=NS(=O)(=O)c4ccccc43)CC2)cc1. The van der Waals surface area contributed by atoms with Crippen molar-refractivity contribution in [3.63, 3.8) is 0 Å². The second kappa shape index (κ2) is 10.3. The summed E-state index contributed by atoms with van der Waals surface area (Å²) < 4.78 is 33.1. The second-order valence-corrected chi connectivity index (χ2v) is 9.94. The summed E-state index contributed by atoms with van der Waals surface area (Å²) in [7, 11) is -2.42. The van der Waals surface area contributed by atoms with Crippen molar-refractivity contribution < 1.29 is 27.5 Å². The monoisotopic (exact) mass is 498 g/mol. The van der Waals surface area contributed by atoms with Crippen LogP contribution in [0.4, 0.5) is 5.69 Å². The van der Waals surface area contributed by atoms with Gasteiger partial charge in [-0.1, -0.05) is 24.3 Å². The highest BCUT2D eigenvalue weighted by molar-refractivity contribution is 7.90. The van der Waals surface area contributed by atoms with Crippen molar-refractivity contribution in [3.05, 3.63) is 59.7 Å². The lowest BCUT2D eigenvalue weighted by atomic mass is 9.95. The van der Waals surface area contributed by atoms with E-state index >= 15 is 0 Å². The summed E-state index contributed by atoms with van der Waals surface area (Å²) in [5.41, 5.74) is 1.97. The highest BCUT2D eigenvalue weighted by Gasteiger charge is 2.34. The van der Waals surface area contributed by atoms with Crippen molar-refractivity contribution in [2.24, 2.45) is 10.3 Å². The summed E-state index contributed by atoms with van der Waals surface area (Å²) in [5, 5.41) is 5.38. The molecule has 184 valence electrons. The van der Waals surface area contributed by atoms with Gasteiger partial charge in [0.05, 0.1) is 13.5 Å². The number of hydrogen-bond donors (Lipinski definition) is 2. The van der Waals surface area contributed by atoms with E-state index in [0.717, 1.165) is 5.56 Å². The molecule has 2 aliphatic heterocycles. The minimum atomic E-state index is -3.67. The maximum absolute atomic E-state index is 12.8. The molecule has 0 unspecified atom stereocenters. The van der Waals surface area contributed by atoms with Crippen LogP contribution in [0.25, 0.3) is 0 Å². The lowest BCUT2D eigenvalue weighted by Crippen LogP contribution is -2.41. The van der Waals surface area contributed by atoms with E-state index in [-0.39, 0.29) is 35.6 Å². The van der Waals surface area contributed by atoms with E-state index < -0.39 is 16.0 Å². The van der Waals surface area contributed by atoms with Crippen molar-refractivity contribution in [2.45, 2.75) is 24.2 Å². The molecule has 10 nitrogen and oxygen atoms in total. The van der Waals surface area contributed by atoms with E-state index in [4.69, 9.17) is 0 Å². The largest absolute Gasteiger partial charge is 0.468 e. The smallest absolute Gasteiger partial charge is 0.325 e. The Bertz CT molecular complexity index is 1270. The van der Waals surface area contributed by atoms with Crippen molar-refractivity contribution in [2.75, 3.05) is 32.1 Å². The van der Waals surface area contributed by atoms with Crippen LogP contribution >= 0.6 is 0 Å². The molecule has 0 spiro atoms. The molecule has 11 heteroatoms. The maximum atomic E-state index is 12.8. The number of anilines is 1. The van der Waals surface area contributed by atoms with Gasteiger partial charge in [0.15, 0.2) is 5.84 Å². The number of ether oxygens (including phenoxy) is 1. The molecular formula is C24H26N4O6S. The third-order valence-corrected chi connectivity index (χ3v) is 7.35. The molecule has 0 aliphatic carbocycles. The summed E-state index contributed by atoms with van der Waals surface area (Å²) in [4.78, 5) is 37.9. The van der Waals surface area contributed by atoms with Gasteiger partial charge in [0.1, 0.15) is 11.4 Å². The van der Waals surface area contributed by atoms with E-state index in [1.54, 1.807) is 48.5 Å². The number of rotatable bonds is 6. The number of nitrogens with zero attached hydrogens (tertiary/aromatic N) is 2. The average molecular weight is 499 g/mol. The number of benzene rings is 2. The van der Waals surface area contributed by atoms with E-state index in [2.05, 4.69) is 19.8 Å². The number of hydrogen-bond acceptors (Lipinski definition) is 7. The van der Waals surface area contributed by atoms with Crippen molar-refractivity contribution in [3.8, 4) is 0 Å². The molecule has 2 amide bonds. The topological polar surface area (TPSA) is 134 Å². The first-order valence-corrected chi connectivity index (χ1v) is 12.6. The van der Waals surface area contributed by atoms with Crippen molar-refractivity contribution in [1.29, 1.82) is 0 Å².